The summed E-state index contributed by atoms with van der Waals surface area (Å²) in [5.41, 5.74) is 5.45. The van der Waals surface area contributed by atoms with Crippen molar-refractivity contribution in [3.8, 4) is 0 Å². The van der Waals surface area contributed by atoms with E-state index >= 15 is 0 Å². The van der Waals surface area contributed by atoms with E-state index in [-0.39, 0.29) is 0 Å². The highest BCUT2D eigenvalue weighted by Crippen LogP contribution is 2.06. The number of piperazine rings is 1. The van der Waals surface area contributed by atoms with Crippen molar-refractivity contribution >= 4 is 23.2 Å². The van der Waals surface area contributed by atoms with Crippen LogP contribution in [-0.2, 0) is 4.79 Å². The summed E-state index contributed by atoms with van der Waals surface area (Å²) in [5, 5.41) is 8.85. The number of hydrogen-bond donors (Lipinski definition) is 2. The van der Waals surface area contributed by atoms with E-state index in [1.807, 2.05) is 4.90 Å². The normalized spacial score (nSPS) is 21.1. The molecule has 1 aliphatic heterocycles. The lowest BCUT2D eigenvalue weighted by atomic mass is 10.2. The minimum Gasteiger partial charge on any atom is -0.480 e. The van der Waals surface area contributed by atoms with Gasteiger partial charge in [0.25, 0.3) is 0 Å². The Morgan fingerprint density at radius 1 is 1.47 bits per heavy atom. The Morgan fingerprint density at radius 3 is 2.40 bits per heavy atom. The Hall–Kier alpha value is -0.720. The van der Waals surface area contributed by atoms with Crippen molar-refractivity contribution in [2.24, 2.45) is 5.73 Å². The maximum Gasteiger partial charge on any atom is 0.320 e. The molecule has 5 nitrogen and oxygen atoms in total. The summed E-state index contributed by atoms with van der Waals surface area (Å²) in [6.07, 6.45) is 0. The first-order valence-corrected chi connectivity index (χ1v) is 5.39. The third kappa shape index (κ3) is 3.73. The van der Waals surface area contributed by atoms with Crippen LogP contribution in [0, 0.1) is 0 Å². The van der Waals surface area contributed by atoms with Crippen LogP contribution >= 0.6 is 12.2 Å². The highest BCUT2D eigenvalue weighted by Gasteiger charge is 2.24. The molecule has 0 amide bonds. The molecule has 0 aromatic heterocycles. The summed E-state index contributed by atoms with van der Waals surface area (Å²) < 4.78 is 0. The van der Waals surface area contributed by atoms with Crippen LogP contribution in [0.3, 0.4) is 0 Å². The maximum absolute atomic E-state index is 10.8. The van der Waals surface area contributed by atoms with Gasteiger partial charge < -0.3 is 10.8 Å². The molecule has 1 fully saturated rings. The van der Waals surface area contributed by atoms with Crippen molar-refractivity contribution < 1.29 is 9.90 Å². The average Bonchev–Trinajstić information content (AvgIpc) is 2.17. The monoisotopic (exact) mass is 231 g/mol. The molecule has 6 heteroatoms. The van der Waals surface area contributed by atoms with Crippen molar-refractivity contribution in [3.63, 3.8) is 0 Å². The molecule has 86 valence electrons. The molecule has 1 unspecified atom stereocenters. The molecule has 0 saturated carbocycles. The lowest BCUT2D eigenvalue weighted by Gasteiger charge is -2.36. The predicted octanol–water partition coefficient (Wildman–Crippen LogP) is -0.637. The van der Waals surface area contributed by atoms with Crippen LogP contribution in [0.5, 0.6) is 0 Å². The number of carboxylic acid groups (broad SMARTS) is 1. The zero-order valence-electron chi connectivity index (χ0n) is 8.85. The molecule has 0 bridgehead atoms. The van der Waals surface area contributed by atoms with Gasteiger partial charge in [0.1, 0.15) is 6.04 Å². The number of carbonyl (C=O) groups is 1. The molecule has 0 spiro atoms. The molecular weight excluding hydrogens is 214 g/mol. The molecule has 1 rings (SSSR count). The summed E-state index contributed by atoms with van der Waals surface area (Å²) in [6, 6.07) is -0.406. The van der Waals surface area contributed by atoms with Crippen molar-refractivity contribution in [2.45, 2.75) is 13.0 Å². The predicted molar refractivity (Wildman–Crippen MR) is 61.9 cm³/mol. The minimum atomic E-state index is -0.766. The zero-order valence-corrected chi connectivity index (χ0v) is 9.66. The molecule has 1 atom stereocenters. The van der Waals surface area contributed by atoms with Crippen molar-refractivity contribution in [2.75, 3.05) is 32.7 Å². The van der Waals surface area contributed by atoms with Gasteiger partial charge >= 0.3 is 5.97 Å². The summed E-state index contributed by atoms with van der Waals surface area (Å²) in [4.78, 5) is 15.4. The van der Waals surface area contributed by atoms with Crippen LogP contribution in [0.25, 0.3) is 0 Å². The fraction of sp³-hybridized carbons (Fsp3) is 0.778. The van der Waals surface area contributed by atoms with Gasteiger partial charge in [-0.3, -0.25) is 14.6 Å². The number of hydrogen-bond acceptors (Lipinski definition) is 4. The number of carboxylic acids is 1. The van der Waals surface area contributed by atoms with Gasteiger partial charge in [-0.15, -0.1) is 0 Å². The topological polar surface area (TPSA) is 69.8 Å². The SMILES string of the molecule is CC(C(=O)O)N1CCN(CC(N)=S)CC1. The number of rotatable bonds is 4. The molecular formula is C9H17N3O2S. The van der Waals surface area contributed by atoms with Gasteiger partial charge in [0.15, 0.2) is 0 Å². The first-order chi connectivity index (χ1) is 7.00. The van der Waals surface area contributed by atoms with E-state index in [0.717, 1.165) is 26.2 Å². The van der Waals surface area contributed by atoms with E-state index in [0.29, 0.717) is 11.5 Å². The average molecular weight is 231 g/mol. The largest absolute Gasteiger partial charge is 0.480 e. The molecule has 0 aromatic rings. The van der Waals surface area contributed by atoms with Crippen LogP contribution in [-0.4, -0.2) is 64.6 Å². The van der Waals surface area contributed by atoms with Crippen LogP contribution in [0.1, 0.15) is 6.92 Å². The Bertz CT molecular complexity index is 252. The number of nitrogens with two attached hydrogens (primary N) is 1. The smallest absolute Gasteiger partial charge is 0.320 e. The van der Waals surface area contributed by atoms with Gasteiger partial charge in [-0.1, -0.05) is 12.2 Å². The quantitative estimate of drug-likeness (QED) is 0.627. The second kappa shape index (κ2) is 5.39. The van der Waals surface area contributed by atoms with Crippen LogP contribution in [0.15, 0.2) is 0 Å². The maximum atomic E-state index is 10.8. The Labute approximate surface area is 94.8 Å². The van der Waals surface area contributed by atoms with Crippen molar-refractivity contribution in [1.29, 1.82) is 0 Å². The Balaban J connectivity index is 2.35. The molecule has 1 heterocycles. The van der Waals surface area contributed by atoms with E-state index in [9.17, 15) is 4.79 Å². The highest BCUT2D eigenvalue weighted by molar-refractivity contribution is 7.80. The molecule has 15 heavy (non-hydrogen) atoms. The fourth-order valence-corrected chi connectivity index (χ4v) is 1.87. The lowest BCUT2D eigenvalue weighted by Crippen LogP contribution is -2.52. The van der Waals surface area contributed by atoms with Gasteiger partial charge in [-0.25, -0.2) is 0 Å². The minimum absolute atomic E-state index is 0.406. The second-order valence-electron chi connectivity index (χ2n) is 3.79. The zero-order chi connectivity index (χ0) is 11.4. The number of aliphatic carboxylic acids is 1. The van der Waals surface area contributed by atoms with E-state index in [2.05, 4.69) is 4.90 Å². The van der Waals surface area contributed by atoms with Crippen molar-refractivity contribution in [1.82, 2.24) is 9.80 Å². The number of nitrogens with zero attached hydrogens (tertiary/aromatic N) is 2. The van der Waals surface area contributed by atoms with Gasteiger partial charge in [-0.05, 0) is 6.92 Å². The second-order valence-corrected chi connectivity index (χ2v) is 4.32. The van der Waals surface area contributed by atoms with Gasteiger partial charge in [0, 0.05) is 32.7 Å². The summed E-state index contributed by atoms with van der Waals surface area (Å²) in [5.74, 6) is -0.766. The fourth-order valence-electron chi connectivity index (χ4n) is 1.69. The lowest BCUT2D eigenvalue weighted by molar-refractivity contribution is -0.143. The molecule has 1 aliphatic rings. The van der Waals surface area contributed by atoms with E-state index in [1.165, 1.54) is 0 Å². The molecule has 0 aliphatic carbocycles. The van der Waals surface area contributed by atoms with Crippen LogP contribution in [0.4, 0.5) is 0 Å². The highest BCUT2D eigenvalue weighted by atomic mass is 32.1. The molecule has 0 aromatic carbocycles. The van der Waals surface area contributed by atoms with Gasteiger partial charge in [0.05, 0.1) is 4.99 Å². The van der Waals surface area contributed by atoms with Crippen LogP contribution in [0.2, 0.25) is 0 Å². The Kier molecular flexibility index (Phi) is 4.44. The molecule has 0 radical (unpaired) electrons. The summed E-state index contributed by atoms with van der Waals surface area (Å²) >= 11 is 4.83. The summed E-state index contributed by atoms with van der Waals surface area (Å²) in [7, 11) is 0. The number of thiocarbonyl (C=S) groups is 1. The Morgan fingerprint density at radius 2 is 2.00 bits per heavy atom. The molecule has 3 N–H and O–H groups in total. The van der Waals surface area contributed by atoms with Crippen LogP contribution < -0.4 is 5.73 Å². The first kappa shape index (κ1) is 12.4. The van der Waals surface area contributed by atoms with E-state index in [4.69, 9.17) is 23.1 Å². The van der Waals surface area contributed by atoms with Crippen molar-refractivity contribution in [3.05, 3.63) is 0 Å². The van der Waals surface area contributed by atoms with E-state index < -0.39 is 12.0 Å². The molecule has 1 saturated heterocycles. The van der Waals surface area contributed by atoms with Gasteiger partial charge in [-0.2, -0.15) is 0 Å². The van der Waals surface area contributed by atoms with E-state index in [1.54, 1.807) is 6.92 Å². The third-order valence-electron chi connectivity index (χ3n) is 2.69. The first-order valence-electron chi connectivity index (χ1n) is 4.98. The standard InChI is InChI=1S/C9H17N3O2S/c1-7(9(13)14)12-4-2-11(3-5-12)6-8(10)15/h7H,2-6H2,1H3,(H2,10,15)(H,13,14). The third-order valence-corrected chi connectivity index (χ3v) is 2.82. The summed E-state index contributed by atoms with van der Waals surface area (Å²) in [6.45, 7) is 5.52. The van der Waals surface area contributed by atoms with Gasteiger partial charge in [0.2, 0.25) is 0 Å².